The second kappa shape index (κ2) is 9.82. The van der Waals surface area contributed by atoms with E-state index in [2.05, 4.69) is 20.6 Å². The number of nitrogens with one attached hydrogen (secondary N) is 2. The van der Waals surface area contributed by atoms with E-state index in [0.29, 0.717) is 17.9 Å². The number of H-pyrrole nitrogens is 1. The van der Waals surface area contributed by atoms with Gasteiger partial charge in [-0.05, 0) is 36.1 Å². The Labute approximate surface area is 186 Å². The van der Waals surface area contributed by atoms with Gasteiger partial charge in [0.25, 0.3) is 5.91 Å². The number of methoxy groups -OCH3 is 2. The van der Waals surface area contributed by atoms with E-state index in [1.165, 1.54) is 0 Å². The van der Waals surface area contributed by atoms with Crippen molar-refractivity contribution < 1.29 is 14.3 Å². The van der Waals surface area contributed by atoms with E-state index >= 15 is 0 Å². The van der Waals surface area contributed by atoms with Gasteiger partial charge in [0.15, 0.2) is 5.82 Å². The fraction of sp³-hybridized carbons (Fsp3) is 0.208. The summed E-state index contributed by atoms with van der Waals surface area (Å²) in [6, 6.07) is 17.6. The third kappa shape index (κ3) is 5.34. The molecule has 2 heterocycles. The highest BCUT2D eigenvalue weighted by Gasteiger charge is 2.12. The van der Waals surface area contributed by atoms with Gasteiger partial charge in [-0.1, -0.05) is 30.3 Å². The number of aromatic nitrogens is 4. The summed E-state index contributed by atoms with van der Waals surface area (Å²) in [7, 11) is 3.27. The first-order chi connectivity index (χ1) is 15.6. The lowest BCUT2D eigenvalue weighted by Gasteiger charge is -2.07. The number of aryl methyl sites for hydroxylation is 2. The number of hydrogen-bond acceptors (Lipinski definition) is 5. The van der Waals surface area contributed by atoms with Crippen molar-refractivity contribution in [3.05, 3.63) is 89.4 Å². The van der Waals surface area contributed by atoms with Crippen LogP contribution < -0.4 is 14.8 Å². The molecule has 32 heavy (non-hydrogen) atoms. The highest BCUT2D eigenvalue weighted by molar-refractivity contribution is 6.03. The van der Waals surface area contributed by atoms with Crippen molar-refractivity contribution in [1.29, 1.82) is 0 Å². The van der Waals surface area contributed by atoms with E-state index in [0.717, 1.165) is 41.2 Å². The molecule has 0 radical (unpaired) electrons. The number of amides is 1. The number of carbonyl (C=O) groups excluding carboxylic acids is 1. The van der Waals surface area contributed by atoms with Crippen molar-refractivity contribution in [2.45, 2.75) is 19.4 Å². The van der Waals surface area contributed by atoms with Crippen LogP contribution in [0.25, 0.3) is 0 Å². The van der Waals surface area contributed by atoms with Gasteiger partial charge in [-0.25, -0.2) is 0 Å². The van der Waals surface area contributed by atoms with Gasteiger partial charge in [-0.3, -0.25) is 14.6 Å². The van der Waals surface area contributed by atoms with Crippen LogP contribution in [-0.4, -0.2) is 40.1 Å². The first-order valence-corrected chi connectivity index (χ1v) is 10.3. The number of carbonyl (C=O) groups is 1. The number of benzene rings is 2. The third-order valence-corrected chi connectivity index (χ3v) is 5.05. The maximum atomic E-state index is 12.6. The zero-order valence-corrected chi connectivity index (χ0v) is 18.0. The first kappa shape index (κ1) is 21.2. The molecule has 0 fully saturated rings. The van der Waals surface area contributed by atoms with Crippen LogP contribution >= 0.6 is 0 Å². The molecule has 8 heteroatoms. The fourth-order valence-corrected chi connectivity index (χ4v) is 3.37. The second-order valence-electron chi connectivity index (χ2n) is 7.37. The molecule has 0 bridgehead atoms. The van der Waals surface area contributed by atoms with Crippen LogP contribution in [-0.2, 0) is 19.4 Å². The summed E-state index contributed by atoms with van der Waals surface area (Å²) < 4.78 is 12.4. The van der Waals surface area contributed by atoms with Gasteiger partial charge in [-0.15, -0.1) is 0 Å². The molecule has 0 aliphatic rings. The average molecular weight is 431 g/mol. The highest BCUT2D eigenvalue weighted by Crippen LogP contribution is 2.23. The highest BCUT2D eigenvalue weighted by atomic mass is 16.5. The monoisotopic (exact) mass is 431 g/mol. The van der Waals surface area contributed by atoms with Crippen LogP contribution in [0, 0.1) is 0 Å². The predicted molar refractivity (Wildman–Crippen MR) is 121 cm³/mol. The Morgan fingerprint density at radius 1 is 1.00 bits per heavy atom. The summed E-state index contributed by atoms with van der Waals surface area (Å²) >= 11 is 0. The second-order valence-corrected chi connectivity index (χ2v) is 7.37. The van der Waals surface area contributed by atoms with Crippen molar-refractivity contribution in [3.8, 4) is 11.5 Å². The van der Waals surface area contributed by atoms with Gasteiger partial charge in [-0.2, -0.15) is 10.2 Å². The van der Waals surface area contributed by atoms with Crippen molar-refractivity contribution in [3.63, 3.8) is 0 Å². The molecular formula is C24H25N5O3. The van der Waals surface area contributed by atoms with Crippen molar-refractivity contribution >= 4 is 11.7 Å². The van der Waals surface area contributed by atoms with Crippen LogP contribution in [0.2, 0.25) is 0 Å². The summed E-state index contributed by atoms with van der Waals surface area (Å²) in [5, 5.41) is 14.3. The topological polar surface area (TPSA) is 94.1 Å². The van der Waals surface area contributed by atoms with E-state index in [1.54, 1.807) is 31.3 Å². The SMILES string of the molecule is COc1cc(CCc2cc(NC(=O)c3cnn(Cc4ccccc4)c3)n[nH]2)cc(OC)c1. The number of rotatable bonds is 9. The van der Waals surface area contributed by atoms with Crippen molar-refractivity contribution in [2.75, 3.05) is 19.5 Å². The van der Waals surface area contributed by atoms with E-state index in [1.807, 2.05) is 54.6 Å². The predicted octanol–water partition coefficient (Wildman–Crippen LogP) is 3.71. The number of aromatic amines is 1. The zero-order chi connectivity index (χ0) is 22.3. The Balaban J connectivity index is 1.34. The van der Waals surface area contributed by atoms with Crippen LogP contribution in [0.3, 0.4) is 0 Å². The largest absolute Gasteiger partial charge is 0.497 e. The van der Waals surface area contributed by atoms with Crippen molar-refractivity contribution in [1.82, 2.24) is 20.0 Å². The van der Waals surface area contributed by atoms with E-state index in [-0.39, 0.29) is 5.91 Å². The Kier molecular flexibility index (Phi) is 6.50. The molecule has 0 saturated carbocycles. The number of nitrogens with zero attached hydrogens (tertiary/aromatic N) is 3. The smallest absolute Gasteiger partial charge is 0.260 e. The molecule has 0 aliphatic heterocycles. The van der Waals surface area contributed by atoms with Gasteiger partial charge in [0.05, 0.1) is 32.5 Å². The average Bonchev–Trinajstić information content (AvgIpc) is 3.47. The Bertz CT molecular complexity index is 1160. The Morgan fingerprint density at radius 3 is 2.47 bits per heavy atom. The summed E-state index contributed by atoms with van der Waals surface area (Å²) in [4.78, 5) is 12.6. The zero-order valence-electron chi connectivity index (χ0n) is 18.0. The minimum Gasteiger partial charge on any atom is -0.497 e. The molecule has 0 spiro atoms. The standard InChI is InChI=1S/C24H25N5O3/c1-31-21-10-18(11-22(13-21)32-2)8-9-20-12-23(28-27-20)26-24(30)19-14-25-29(16-19)15-17-6-4-3-5-7-17/h3-7,10-14,16H,8-9,15H2,1-2H3,(H2,26,27,28,30). The van der Waals surface area contributed by atoms with Crippen LogP contribution in [0.4, 0.5) is 5.82 Å². The van der Waals surface area contributed by atoms with Gasteiger partial charge in [0, 0.05) is 24.0 Å². The molecule has 8 nitrogen and oxygen atoms in total. The van der Waals surface area contributed by atoms with Crippen LogP contribution in [0.15, 0.2) is 67.0 Å². The van der Waals surface area contributed by atoms with Crippen LogP contribution in [0.1, 0.15) is 27.2 Å². The van der Waals surface area contributed by atoms with Gasteiger partial charge in [0.2, 0.25) is 0 Å². The van der Waals surface area contributed by atoms with Crippen LogP contribution in [0.5, 0.6) is 11.5 Å². The minimum absolute atomic E-state index is 0.250. The lowest BCUT2D eigenvalue weighted by atomic mass is 10.1. The molecule has 4 aromatic rings. The summed E-state index contributed by atoms with van der Waals surface area (Å²) in [6.07, 6.45) is 4.79. The Hall–Kier alpha value is -4.07. The lowest BCUT2D eigenvalue weighted by molar-refractivity contribution is 0.102. The number of hydrogen-bond donors (Lipinski definition) is 2. The van der Waals surface area contributed by atoms with Gasteiger partial charge >= 0.3 is 0 Å². The van der Waals surface area contributed by atoms with E-state index in [9.17, 15) is 4.79 Å². The third-order valence-electron chi connectivity index (χ3n) is 5.05. The number of ether oxygens (including phenoxy) is 2. The minimum atomic E-state index is -0.250. The van der Waals surface area contributed by atoms with Crippen molar-refractivity contribution in [2.24, 2.45) is 0 Å². The molecule has 2 aromatic carbocycles. The summed E-state index contributed by atoms with van der Waals surface area (Å²) in [6.45, 7) is 0.607. The Morgan fingerprint density at radius 2 is 1.75 bits per heavy atom. The molecule has 0 atom stereocenters. The molecule has 0 aliphatic carbocycles. The molecule has 2 aromatic heterocycles. The molecule has 0 unspecified atom stereocenters. The first-order valence-electron chi connectivity index (χ1n) is 10.3. The number of anilines is 1. The molecular weight excluding hydrogens is 406 g/mol. The fourth-order valence-electron chi connectivity index (χ4n) is 3.37. The summed E-state index contributed by atoms with van der Waals surface area (Å²) in [5.41, 5.74) is 3.61. The lowest BCUT2D eigenvalue weighted by Crippen LogP contribution is -2.11. The maximum Gasteiger partial charge on any atom is 0.260 e. The van der Waals surface area contributed by atoms with Gasteiger partial charge in [0.1, 0.15) is 11.5 Å². The molecule has 2 N–H and O–H groups in total. The molecule has 4 rings (SSSR count). The molecule has 1 amide bonds. The molecule has 0 saturated heterocycles. The van der Waals surface area contributed by atoms with E-state index in [4.69, 9.17) is 9.47 Å². The quantitative estimate of drug-likeness (QED) is 0.421. The van der Waals surface area contributed by atoms with Gasteiger partial charge < -0.3 is 14.8 Å². The summed E-state index contributed by atoms with van der Waals surface area (Å²) in [5.74, 6) is 1.73. The normalized spacial score (nSPS) is 10.7. The molecule has 164 valence electrons. The van der Waals surface area contributed by atoms with E-state index < -0.39 is 0 Å². The maximum absolute atomic E-state index is 12.6.